The number of rotatable bonds is 6. The van der Waals surface area contributed by atoms with Gasteiger partial charge in [-0.3, -0.25) is 9.69 Å². The van der Waals surface area contributed by atoms with Crippen LogP contribution in [0, 0.1) is 6.92 Å². The fraction of sp³-hybridized carbons (Fsp3) is 0.381. The van der Waals surface area contributed by atoms with Crippen molar-refractivity contribution in [2.45, 2.75) is 32.4 Å². The molecule has 1 saturated heterocycles. The topological polar surface area (TPSA) is 41.6 Å². The Hall–Kier alpha value is -2.33. The van der Waals surface area contributed by atoms with Crippen LogP contribution in [0.25, 0.3) is 0 Å². The first kappa shape index (κ1) is 17.5. The van der Waals surface area contributed by atoms with Gasteiger partial charge in [0.1, 0.15) is 5.75 Å². The highest BCUT2D eigenvalue weighted by atomic mass is 16.5. The van der Waals surface area contributed by atoms with Crippen LogP contribution < -0.4 is 10.1 Å². The van der Waals surface area contributed by atoms with E-state index in [1.165, 1.54) is 16.7 Å². The Morgan fingerprint density at radius 1 is 1.20 bits per heavy atom. The summed E-state index contributed by atoms with van der Waals surface area (Å²) in [6.07, 6.45) is 2.22. The number of methoxy groups -OCH3 is 1. The van der Waals surface area contributed by atoms with E-state index in [-0.39, 0.29) is 5.91 Å². The third-order valence-corrected chi connectivity index (χ3v) is 4.95. The summed E-state index contributed by atoms with van der Waals surface area (Å²) in [7, 11) is 1.68. The van der Waals surface area contributed by atoms with Gasteiger partial charge in [0.2, 0.25) is 5.91 Å². The minimum atomic E-state index is 0.0867. The molecule has 0 radical (unpaired) electrons. The molecule has 1 aliphatic heterocycles. The molecule has 1 N–H and O–H groups in total. The molecule has 0 saturated carbocycles. The lowest BCUT2D eigenvalue weighted by Gasteiger charge is -2.24. The largest absolute Gasteiger partial charge is 0.497 e. The zero-order valence-electron chi connectivity index (χ0n) is 15.0. The Balaban J connectivity index is 1.57. The number of amides is 1. The van der Waals surface area contributed by atoms with Gasteiger partial charge in [0.05, 0.1) is 13.7 Å². The van der Waals surface area contributed by atoms with Crippen LogP contribution >= 0.6 is 0 Å². The SMILES string of the molecule is COc1ccc(C2CCCN2CC(=O)NCc2ccccc2C)cc1. The Morgan fingerprint density at radius 2 is 1.96 bits per heavy atom. The van der Waals surface area contributed by atoms with Crippen LogP contribution in [0.2, 0.25) is 0 Å². The zero-order chi connectivity index (χ0) is 17.6. The lowest BCUT2D eigenvalue weighted by molar-refractivity contribution is -0.122. The molecule has 0 aliphatic carbocycles. The number of hydrogen-bond donors (Lipinski definition) is 1. The van der Waals surface area contributed by atoms with Gasteiger partial charge in [-0.1, -0.05) is 36.4 Å². The fourth-order valence-electron chi connectivity index (χ4n) is 3.46. The van der Waals surface area contributed by atoms with Crippen LogP contribution in [0.4, 0.5) is 0 Å². The molecule has 2 aromatic carbocycles. The number of ether oxygens (including phenoxy) is 1. The highest BCUT2D eigenvalue weighted by Crippen LogP contribution is 2.32. The number of carbonyl (C=O) groups is 1. The van der Waals surface area contributed by atoms with Crippen molar-refractivity contribution in [3.63, 3.8) is 0 Å². The van der Waals surface area contributed by atoms with Gasteiger partial charge in [0.25, 0.3) is 0 Å². The van der Waals surface area contributed by atoms with Gasteiger partial charge in [-0.25, -0.2) is 0 Å². The van der Waals surface area contributed by atoms with Crippen molar-refractivity contribution in [3.05, 3.63) is 65.2 Å². The van der Waals surface area contributed by atoms with E-state index in [1.807, 2.05) is 24.3 Å². The first-order valence-electron chi connectivity index (χ1n) is 8.86. The van der Waals surface area contributed by atoms with Crippen LogP contribution in [0.1, 0.15) is 35.6 Å². The van der Waals surface area contributed by atoms with E-state index < -0.39 is 0 Å². The molecule has 4 nitrogen and oxygen atoms in total. The predicted octanol–water partition coefficient (Wildman–Crippen LogP) is 3.46. The van der Waals surface area contributed by atoms with Crippen LogP contribution in [0.3, 0.4) is 0 Å². The molecule has 1 atom stereocenters. The van der Waals surface area contributed by atoms with E-state index in [9.17, 15) is 4.79 Å². The molecular weight excluding hydrogens is 312 g/mol. The number of nitrogens with one attached hydrogen (secondary N) is 1. The van der Waals surface area contributed by atoms with Crippen LogP contribution in [-0.2, 0) is 11.3 Å². The number of nitrogens with zero attached hydrogens (tertiary/aromatic N) is 1. The summed E-state index contributed by atoms with van der Waals surface area (Å²) in [5.74, 6) is 0.952. The first-order chi connectivity index (χ1) is 12.2. The Labute approximate surface area is 149 Å². The summed E-state index contributed by atoms with van der Waals surface area (Å²) in [6.45, 7) is 4.07. The molecule has 4 heteroatoms. The van der Waals surface area contributed by atoms with Gasteiger partial charge in [0.15, 0.2) is 0 Å². The summed E-state index contributed by atoms with van der Waals surface area (Å²) in [5, 5.41) is 3.06. The maximum atomic E-state index is 12.4. The fourth-order valence-corrected chi connectivity index (χ4v) is 3.46. The highest BCUT2D eigenvalue weighted by molar-refractivity contribution is 5.78. The summed E-state index contributed by atoms with van der Waals surface area (Å²) in [6, 6.07) is 16.7. The first-order valence-corrected chi connectivity index (χ1v) is 8.86. The molecule has 25 heavy (non-hydrogen) atoms. The number of benzene rings is 2. The summed E-state index contributed by atoms with van der Waals surface area (Å²) in [5.41, 5.74) is 3.63. The van der Waals surface area contributed by atoms with E-state index in [0.29, 0.717) is 19.1 Å². The molecule has 1 heterocycles. The molecule has 2 aromatic rings. The van der Waals surface area contributed by atoms with E-state index in [0.717, 1.165) is 25.1 Å². The maximum absolute atomic E-state index is 12.4. The van der Waals surface area contributed by atoms with Gasteiger partial charge in [-0.15, -0.1) is 0 Å². The third kappa shape index (κ3) is 4.40. The Morgan fingerprint density at radius 3 is 2.68 bits per heavy atom. The number of aryl methyl sites for hydroxylation is 1. The predicted molar refractivity (Wildman–Crippen MR) is 99.6 cm³/mol. The molecule has 3 rings (SSSR count). The van der Waals surface area contributed by atoms with Gasteiger partial charge >= 0.3 is 0 Å². The average molecular weight is 338 g/mol. The minimum Gasteiger partial charge on any atom is -0.497 e. The molecule has 1 unspecified atom stereocenters. The van der Waals surface area contributed by atoms with E-state index in [1.54, 1.807) is 7.11 Å². The molecule has 0 aromatic heterocycles. The minimum absolute atomic E-state index is 0.0867. The van der Waals surface area contributed by atoms with Crippen molar-refractivity contribution in [3.8, 4) is 5.75 Å². The van der Waals surface area contributed by atoms with E-state index in [2.05, 4.69) is 41.4 Å². The zero-order valence-corrected chi connectivity index (χ0v) is 15.0. The van der Waals surface area contributed by atoms with Crippen molar-refractivity contribution >= 4 is 5.91 Å². The quantitative estimate of drug-likeness (QED) is 0.877. The number of likely N-dealkylation sites (tertiary alicyclic amines) is 1. The highest BCUT2D eigenvalue weighted by Gasteiger charge is 2.27. The summed E-state index contributed by atoms with van der Waals surface area (Å²) in [4.78, 5) is 14.7. The molecule has 0 spiro atoms. The second-order valence-corrected chi connectivity index (χ2v) is 6.60. The second kappa shape index (κ2) is 8.17. The Bertz CT molecular complexity index is 712. The molecule has 0 bridgehead atoms. The van der Waals surface area contributed by atoms with Gasteiger partial charge in [-0.2, -0.15) is 0 Å². The Kier molecular flexibility index (Phi) is 5.71. The second-order valence-electron chi connectivity index (χ2n) is 6.60. The van der Waals surface area contributed by atoms with Crippen LogP contribution in [0.5, 0.6) is 5.75 Å². The van der Waals surface area contributed by atoms with Crippen molar-refractivity contribution in [1.82, 2.24) is 10.2 Å². The van der Waals surface area contributed by atoms with Crippen molar-refractivity contribution < 1.29 is 9.53 Å². The third-order valence-electron chi connectivity index (χ3n) is 4.95. The number of carbonyl (C=O) groups excluding carboxylic acids is 1. The summed E-state index contributed by atoms with van der Waals surface area (Å²) >= 11 is 0. The van der Waals surface area contributed by atoms with Crippen molar-refractivity contribution in [2.24, 2.45) is 0 Å². The molecule has 1 aliphatic rings. The number of hydrogen-bond acceptors (Lipinski definition) is 3. The standard InChI is InChI=1S/C21H26N2O2/c1-16-6-3-4-7-18(16)14-22-21(24)15-23-13-5-8-20(23)17-9-11-19(25-2)12-10-17/h3-4,6-7,9-12,20H,5,8,13-15H2,1-2H3,(H,22,24). The van der Waals surface area contributed by atoms with Crippen molar-refractivity contribution in [1.29, 1.82) is 0 Å². The smallest absolute Gasteiger partial charge is 0.234 e. The monoisotopic (exact) mass is 338 g/mol. The summed E-state index contributed by atoms with van der Waals surface area (Å²) < 4.78 is 5.23. The van der Waals surface area contributed by atoms with Gasteiger partial charge in [0, 0.05) is 12.6 Å². The van der Waals surface area contributed by atoms with Crippen molar-refractivity contribution in [2.75, 3.05) is 20.2 Å². The van der Waals surface area contributed by atoms with Crippen LogP contribution in [-0.4, -0.2) is 31.0 Å². The van der Waals surface area contributed by atoms with E-state index in [4.69, 9.17) is 4.74 Å². The van der Waals surface area contributed by atoms with E-state index >= 15 is 0 Å². The average Bonchev–Trinajstić information content (AvgIpc) is 3.09. The molecular formula is C21H26N2O2. The maximum Gasteiger partial charge on any atom is 0.234 e. The lowest BCUT2D eigenvalue weighted by Crippen LogP contribution is -2.36. The molecule has 1 amide bonds. The van der Waals surface area contributed by atoms with Crippen LogP contribution in [0.15, 0.2) is 48.5 Å². The lowest BCUT2D eigenvalue weighted by atomic mass is 10.0. The normalized spacial score (nSPS) is 17.4. The van der Waals surface area contributed by atoms with Gasteiger partial charge in [-0.05, 0) is 55.1 Å². The van der Waals surface area contributed by atoms with Gasteiger partial charge < -0.3 is 10.1 Å². The molecule has 1 fully saturated rings. The molecule has 132 valence electrons.